The van der Waals surface area contributed by atoms with E-state index in [1.54, 1.807) is 29.1 Å². The Labute approximate surface area is 267 Å². The Bertz CT molecular complexity index is 1220. The Morgan fingerprint density at radius 1 is 1.20 bits per heavy atom. The number of rotatable bonds is 9. The molecule has 2 fully saturated rings. The molecular formula is C31H42BrFN6O5. The first-order valence-electron chi connectivity index (χ1n) is 14.3. The van der Waals surface area contributed by atoms with Gasteiger partial charge in [0.1, 0.15) is 25.1 Å². The average molecular weight is 678 g/mol. The van der Waals surface area contributed by atoms with E-state index in [2.05, 4.69) is 37.9 Å². The molecular weight excluding hydrogens is 635 g/mol. The molecule has 13 heteroatoms. The van der Waals surface area contributed by atoms with Crippen LogP contribution in [-0.2, 0) is 25.7 Å². The summed E-state index contributed by atoms with van der Waals surface area (Å²) in [5, 5.41) is 8.62. The SMILES string of the molecule is C=CCOC(=O)NCCC.CN1CC(=O)N2CC(=O)N(CC3=CC=CC(Br)=CC3)CC2N1C=O.CNCc1ccc(F)cc1. The lowest BCUT2D eigenvalue weighted by molar-refractivity contribution is -0.188. The van der Waals surface area contributed by atoms with Crippen LogP contribution < -0.4 is 10.6 Å². The number of carbonyl (C=O) groups is 4. The molecule has 0 spiro atoms. The van der Waals surface area contributed by atoms with Gasteiger partial charge in [0.25, 0.3) is 0 Å². The van der Waals surface area contributed by atoms with Gasteiger partial charge in [-0.25, -0.2) is 14.2 Å². The largest absolute Gasteiger partial charge is 0.445 e. The van der Waals surface area contributed by atoms with Gasteiger partial charge in [-0.05, 0) is 49.2 Å². The van der Waals surface area contributed by atoms with Gasteiger partial charge in [0.2, 0.25) is 18.2 Å². The fraction of sp³-hybridized carbons (Fsp3) is 0.419. The molecule has 1 atom stereocenters. The molecule has 1 aromatic rings. The Morgan fingerprint density at radius 2 is 1.93 bits per heavy atom. The molecule has 1 aliphatic carbocycles. The van der Waals surface area contributed by atoms with Crippen molar-refractivity contribution in [1.29, 1.82) is 0 Å². The molecule has 4 amide bonds. The number of fused-ring (bicyclic) bond motifs is 1. The van der Waals surface area contributed by atoms with Crippen LogP contribution in [0.25, 0.3) is 0 Å². The zero-order valence-electron chi connectivity index (χ0n) is 25.5. The second-order valence-electron chi connectivity index (χ2n) is 10.0. The van der Waals surface area contributed by atoms with E-state index < -0.39 is 6.17 Å². The van der Waals surface area contributed by atoms with Gasteiger partial charge < -0.3 is 25.2 Å². The summed E-state index contributed by atoms with van der Waals surface area (Å²) in [6, 6.07) is 6.47. The Balaban J connectivity index is 0.000000279. The highest BCUT2D eigenvalue weighted by molar-refractivity contribution is 9.11. The minimum absolute atomic E-state index is 0.0182. The van der Waals surface area contributed by atoms with E-state index in [1.165, 1.54) is 28.1 Å². The van der Waals surface area contributed by atoms with E-state index in [4.69, 9.17) is 0 Å². The van der Waals surface area contributed by atoms with Crippen molar-refractivity contribution in [2.45, 2.75) is 32.5 Å². The number of hydrogen-bond acceptors (Lipinski definition) is 7. The molecule has 2 N–H and O–H groups in total. The van der Waals surface area contributed by atoms with Gasteiger partial charge in [0, 0.05) is 31.2 Å². The Morgan fingerprint density at radius 3 is 2.57 bits per heavy atom. The zero-order chi connectivity index (χ0) is 32.5. The van der Waals surface area contributed by atoms with Crippen LogP contribution in [0, 0.1) is 5.82 Å². The van der Waals surface area contributed by atoms with Gasteiger partial charge in [-0.3, -0.25) is 19.4 Å². The van der Waals surface area contributed by atoms with Gasteiger partial charge >= 0.3 is 6.09 Å². The fourth-order valence-electron chi connectivity index (χ4n) is 4.35. The second kappa shape index (κ2) is 19.5. The minimum Gasteiger partial charge on any atom is -0.445 e. The van der Waals surface area contributed by atoms with Crippen LogP contribution in [0.1, 0.15) is 25.3 Å². The van der Waals surface area contributed by atoms with Gasteiger partial charge in [0.05, 0.1) is 13.1 Å². The lowest BCUT2D eigenvalue weighted by Crippen LogP contribution is -2.71. The van der Waals surface area contributed by atoms with E-state index in [0.29, 0.717) is 26.0 Å². The third-order valence-corrected chi connectivity index (χ3v) is 7.17. The van der Waals surface area contributed by atoms with Crippen molar-refractivity contribution in [2.24, 2.45) is 0 Å². The quantitative estimate of drug-likeness (QED) is 0.305. The van der Waals surface area contributed by atoms with Gasteiger partial charge in [-0.2, -0.15) is 0 Å². The van der Waals surface area contributed by atoms with Crippen molar-refractivity contribution in [2.75, 3.05) is 53.4 Å². The molecule has 44 heavy (non-hydrogen) atoms. The predicted molar refractivity (Wildman–Crippen MR) is 170 cm³/mol. The molecule has 2 aliphatic heterocycles. The van der Waals surface area contributed by atoms with Gasteiger partial charge in [0.15, 0.2) is 0 Å². The van der Waals surface area contributed by atoms with Crippen molar-refractivity contribution in [3.63, 3.8) is 0 Å². The van der Waals surface area contributed by atoms with Crippen LogP contribution in [-0.4, -0.2) is 104 Å². The minimum atomic E-state index is -0.435. The maximum atomic E-state index is 12.4. The Hall–Kier alpha value is -3.81. The van der Waals surface area contributed by atoms with Gasteiger partial charge in [-0.15, -0.1) is 0 Å². The standard InChI is InChI=1S/C16H19BrN4O3.C8H10FN.C7H13NO2/c1-18-9-16(24)20-10-15(23)19(8-14(20)21(18)11-22)7-12-3-2-4-13(17)6-5-12;1-10-6-7-2-4-8(9)5-3-7;1-3-5-8-7(9)10-6-4-2/h2-4,6,11,14H,5,7-10H2,1H3;2-5,10H,6H2,1H3;4H,2-3,5-6H2,1H3,(H,8,9). The number of piperazine rings is 1. The molecule has 4 rings (SSSR count). The maximum Gasteiger partial charge on any atom is 0.407 e. The summed E-state index contributed by atoms with van der Waals surface area (Å²) < 4.78 is 17.9. The first-order valence-corrected chi connectivity index (χ1v) is 15.1. The van der Waals surface area contributed by atoms with Crippen molar-refractivity contribution in [3.8, 4) is 0 Å². The molecule has 3 aliphatic rings. The smallest absolute Gasteiger partial charge is 0.407 e. The summed E-state index contributed by atoms with van der Waals surface area (Å²) in [5.41, 5.74) is 2.21. The van der Waals surface area contributed by atoms with Crippen molar-refractivity contribution >= 4 is 40.2 Å². The highest BCUT2D eigenvalue weighted by Gasteiger charge is 2.43. The van der Waals surface area contributed by atoms with E-state index in [1.807, 2.05) is 38.3 Å². The summed E-state index contributed by atoms with van der Waals surface area (Å²) in [6.07, 6.45) is 11.1. The number of hydrogen-bond donors (Lipinski definition) is 2. The van der Waals surface area contributed by atoms with Crippen LogP contribution >= 0.6 is 15.9 Å². The number of hydrazine groups is 1. The third-order valence-electron chi connectivity index (χ3n) is 6.58. The van der Waals surface area contributed by atoms with Crippen LogP contribution in [0.15, 0.2) is 71.3 Å². The van der Waals surface area contributed by atoms with Crippen LogP contribution in [0.4, 0.5) is 9.18 Å². The normalized spacial score (nSPS) is 17.9. The summed E-state index contributed by atoms with van der Waals surface area (Å²) in [5.74, 6) is -0.399. The molecule has 2 heterocycles. The monoisotopic (exact) mass is 676 g/mol. The van der Waals surface area contributed by atoms with E-state index >= 15 is 0 Å². The molecule has 0 bridgehead atoms. The van der Waals surface area contributed by atoms with Crippen LogP contribution in [0.3, 0.4) is 0 Å². The van der Waals surface area contributed by atoms with Gasteiger partial charge in [-0.1, -0.05) is 65.9 Å². The number of allylic oxidation sites excluding steroid dienone is 5. The molecule has 1 unspecified atom stereocenters. The summed E-state index contributed by atoms with van der Waals surface area (Å²) in [7, 11) is 3.56. The van der Waals surface area contributed by atoms with Crippen LogP contribution in [0.5, 0.6) is 0 Å². The average Bonchev–Trinajstić information content (AvgIpc) is 3.21. The number of halogens is 2. The highest BCUT2D eigenvalue weighted by atomic mass is 79.9. The number of alkyl carbamates (subject to hydrolysis) is 1. The number of carbonyl (C=O) groups excluding carboxylic acids is 4. The van der Waals surface area contributed by atoms with E-state index in [9.17, 15) is 23.6 Å². The fourth-order valence-corrected chi connectivity index (χ4v) is 4.67. The summed E-state index contributed by atoms with van der Waals surface area (Å²) >= 11 is 3.44. The number of nitrogens with one attached hydrogen (secondary N) is 2. The summed E-state index contributed by atoms with van der Waals surface area (Å²) in [6.45, 7) is 8.06. The molecule has 1 aromatic carbocycles. The molecule has 11 nitrogen and oxygen atoms in total. The predicted octanol–water partition coefficient (Wildman–Crippen LogP) is 3.32. The third kappa shape index (κ3) is 12.1. The Kier molecular flexibility index (Phi) is 16.1. The highest BCUT2D eigenvalue weighted by Crippen LogP contribution is 2.22. The molecule has 0 aromatic heterocycles. The lowest BCUT2D eigenvalue weighted by atomic mass is 10.1. The molecule has 2 saturated heterocycles. The number of nitrogens with zero attached hydrogens (tertiary/aromatic N) is 4. The maximum absolute atomic E-state index is 12.4. The van der Waals surface area contributed by atoms with E-state index in [0.717, 1.165) is 35.0 Å². The molecule has 0 radical (unpaired) electrons. The van der Waals surface area contributed by atoms with Crippen molar-refractivity contribution < 1.29 is 28.3 Å². The number of amides is 4. The van der Waals surface area contributed by atoms with Crippen LogP contribution in [0.2, 0.25) is 0 Å². The number of ether oxygens (including phenoxy) is 1. The van der Waals surface area contributed by atoms with Crippen molar-refractivity contribution in [3.05, 3.63) is 82.7 Å². The number of likely N-dealkylation sites (N-methyl/N-ethyl adjacent to an activating group) is 1. The lowest BCUT2D eigenvalue weighted by Gasteiger charge is -2.50. The molecule has 0 saturated carbocycles. The van der Waals surface area contributed by atoms with Crippen molar-refractivity contribution in [1.82, 2.24) is 30.5 Å². The topological polar surface area (TPSA) is 115 Å². The number of benzene rings is 1. The second-order valence-corrected chi connectivity index (χ2v) is 10.9. The molecule has 240 valence electrons. The van der Waals surface area contributed by atoms with E-state index in [-0.39, 0.29) is 43.4 Å². The first-order chi connectivity index (χ1) is 21.1. The summed E-state index contributed by atoms with van der Waals surface area (Å²) in [4.78, 5) is 49.8. The zero-order valence-corrected chi connectivity index (χ0v) is 27.1. The first kappa shape index (κ1) is 36.4.